The maximum absolute atomic E-state index is 12.1. The quantitative estimate of drug-likeness (QED) is 0.280. The summed E-state index contributed by atoms with van der Waals surface area (Å²) in [5.74, 6) is 0.236. The zero-order valence-corrected chi connectivity index (χ0v) is 16.8. The number of rotatable bonds is 7. The minimum absolute atomic E-state index is 0.142. The summed E-state index contributed by atoms with van der Waals surface area (Å²) in [7, 11) is 0. The molecule has 1 N–H and O–H groups in total. The lowest BCUT2D eigenvalue weighted by atomic mass is 10.1. The molecule has 0 radical (unpaired) electrons. The Labute approximate surface area is 175 Å². The van der Waals surface area contributed by atoms with Crippen molar-refractivity contribution < 1.29 is 19.1 Å². The second kappa shape index (κ2) is 10.0. The minimum atomic E-state index is -0.443. The van der Waals surface area contributed by atoms with Gasteiger partial charge in [0, 0.05) is 0 Å². The van der Waals surface area contributed by atoms with E-state index in [1.54, 1.807) is 48.5 Å². The van der Waals surface area contributed by atoms with Crippen LogP contribution in [0.15, 0.2) is 77.9 Å². The lowest BCUT2D eigenvalue weighted by molar-refractivity contribution is -0.123. The topological polar surface area (TPSA) is 77.0 Å². The van der Waals surface area contributed by atoms with Crippen LogP contribution < -0.4 is 14.9 Å². The number of ether oxygens (including phenoxy) is 2. The van der Waals surface area contributed by atoms with Crippen molar-refractivity contribution in [2.45, 2.75) is 13.8 Å². The average molecular weight is 402 g/mol. The van der Waals surface area contributed by atoms with Crippen molar-refractivity contribution in [3.8, 4) is 11.5 Å². The van der Waals surface area contributed by atoms with Gasteiger partial charge in [0.15, 0.2) is 6.61 Å². The highest BCUT2D eigenvalue weighted by atomic mass is 16.5. The molecular weight excluding hydrogens is 380 g/mol. The predicted molar refractivity (Wildman–Crippen MR) is 115 cm³/mol. The molecule has 0 spiro atoms. The van der Waals surface area contributed by atoms with Gasteiger partial charge >= 0.3 is 5.97 Å². The molecule has 3 aromatic carbocycles. The van der Waals surface area contributed by atoms with E-state index in [1.165, 1.54) is 6.21 Å². The third kappa shape index (κ3) is 5.78. The Bertz CT molecular complexity index is 1060. The Hall–Kier alpha value is -3.93. The van der Waals surface area contributed by atoms with Crippen LogP contribution in [0.3, 0.4) is 0 Å². The fourth-order valence-electron chi connectivity index (χ4n) is 2.63. The van der Waals surface area contributed by atoms with E-state index in [0.717, 1.165) is 11.1 Å². The zero-order chi connectivity index (χ0) is 21.3. The van der Waals surface area contributed by atoms with Crippen LogP contribution in [0.25, 0.3) is 0 Å². The molecule has 0 atom stereocenters. The van der Waals surface area contributed by atoms with Crippen LogP contribution in [0.2, 0.25) is 0 Å². The number of nitrogens with one attached hydrogen (secondary N) is 1. The second-order valence-electron chi connectivity index (χ2n) is 6.61. The first-order valence-corrected chi connectivity index (χ1v) is 9.41. The van der Waals surface area contributed by atoms with Gasteiger partial charge in [-0.1, -0.05) is 42.5 Å². The SMILES string of the molecule is Cc1cccc(OCC(=O)N/N=C\c2cccc(OC(=O)c3ccccc3)c2)c1C. The van der Waals surface area contributed by atoms with Gasteiger partial charge in [0.2, 0.25) is 0 Å². The summed E-state index contributed by atoms with van der Waals surface area (Å²) in [6.07, 6.45) is 1.47. The standard InChI is InChI=1S/C24H22N2O4/c1-17-8-6-13-22(18(17)2)29-16-23(27)26-25-15-19-9-7-12-21(14-19)30-24(28)20-10-4-3-5-11-20/h3-15H,16H2,1-2H3,(H,26,27)/b25-15-. The summed E-state index contributed by atoms with van der Waals surface area (Å²) in [6, 6.07) is 21.3. The monoisotopic (exact) mass is 402 g/mol. The molecule has 30 heavy (non-hydrogen) atoms. The Kier molecular flexibility index (Phi) is 6.95. The molecular formula is C24H22N2O4. The van der Waals surface area contributed by atoms with Crippen LogP contribution >= 0.6 is 0 Å². The largest absolute Gasteiger partial charge is 0.483 e. The van der Waals surface area contributed by atoms with Crippen molar-refractivity contribution in [1.82, 2.24) is 5.43 Å². The molecule has 6 nitrogen and oxygen atoms in total. The Morgan fingerprint density at radius 2 is 1.73 bits per heavy atom. The maximum atomic E-state index is 12.1. The summed E-state index contributed by atoms with van der Waals surface area (Å²) in [5, 5.41) is 3.93. The lowest BCUT2D eigenvalue weighted by Crippen LogP contribution is -2.24. The van der Waals surface area contributed by atoms with Crippen molar-refractivity contribution >= 4 is 18.1 Å². The van der Waals surface area contributed by atoms with Gasteiger partial charge in [-0.15, -0.1) is 0 Å². The molecule has 0 heterocycles. The van der Waals surface area contributed by atoms with Crippen LogP contribution in [0.1, 0.15) is 27.0 Å². The van der Waals surface area contributed by atoms with Crippen LogP contribution in [-0.2, 0) is 4.79 Å². The van der Waals surface area contributed by atoms with Gasteiger partial charge in [0.05, 0.1) is 11.8 Å². The summed E-state index contributed by atoms with van der Waals surface area (Å²) in [5.41, 5.74) is 5.65. The maximum Gasteiger partial charge on any atom is 0.343 e. The van der Waals surface area contributed by atoms with Crippen molar-refractivity contribution in [2.24, 2.45) is 5.10 Å². The number of carbonyl (C=O) groups excluding carboxylic acids is 2. The minimum Gasteiger partial charge on any atom is -0.483 e. The highest BCUT2D eigenvalue weighted by Gasteiger charge is 2.08. The average Bonchev–Trinajstić information content (AvgIpc) is 2.76. The van der Waals surface area contributed by atoms with E-state index in [4.69, 9.17) is 9.47 Å². The number of aryl methyl sites for hydroxylation is 1. The number of hydrogen-bond donors (Lipinski definition) is 1. The summed E-state index contributed by atoms with van der Waals surface area (Å²) < 4.78 is 10.9. The predicted octanol–water partition coefficient (Wildman–Crippen LogP) is 4.05. The number of hydrogen-bond acceptors (Lipinski definition) is 5. The first kappa shape index (κ1) is 20.8. The molecule has 0 unspecified atom stereocenters. The van der Waals surface area contributed by atoms with E-state index in [1.807, 2.05) is 38.1 Å². The highest BCUT2D eigenvalue weighted by Crippen LogP contribution is 2.20. The van der Waals surface area contributed by atoms with Crippen molar-refractivity contribution in [1.29, 1.82) is 0 Å². The van der Waals surface area contributed by atoms with Gasteiger partial charge in [0.1, 0.15) is 11.5 Å². The molecule has 0 bridgehead atoms. The fourth-order valence-corrected chi connectivity index (χ4v) is 2.63. The number of esters is 1. The first-order chi connectivity index (χ1) is 14.5. The smallest absolute Gasteiger partial charge is 0.343 e. The molecule has 0 aliphatic carbocycles. The van der Waals surface area contributed by atoms with Crippen LogP contribution in [0, 0.1) is 13.8 Å². The molecule has 3 rings (SSSR count). The van der Waals surface area contributed by atoms with E-state index in [-0.39, 0.29) is 12.5 Å². The van der Waals surface area contributed by atoms with Gasteiger partial charge in [-0.05, 0) is 60.9 Å². The molecule has 3 aromatic rings. The molecule has 0 aliphatic rings. The first-order valence-electron chi connectivity index (χ1n) is 9.41. The molecule has 1 amide bonds. The Morgan fingerprint density at radius 3 is 2.53 bits per heavy atom. The molecule has 0 aliphatic heterocycles. The number of benzene rings is 3. The fraction of sp³-hybridized carbons (Fsp3) is 0.125. The molecule has 0 saturated heterocycles. The number of carbonyl (C=O) groups is 2. The van der Waals surface area contributed by atoms with E-state index in [0.29, 0.717) is 22.6 Å². The van der Waals surface area contributed by atoms with E-state index in [9.17, 15) is 9.59 Å². The lowest BCUT2D eigenvalue weighted by Gasteiger charge is -2.09. The zero-order valence-electron chi connectivity index (χ0n) is 16.8. The molecule has 0 aromatic heterocycles. The molecule has 0 fully saturated rings. The highest BCUT2D eigenvalue weighted by molar-refractivity contribution is 5.91. The summed E-state index contributed by atoms with van der Waals surface area (Å²) >= 11 is 0. The summed E-state index contributed by atoms with van der Waals surface area (Å²) in [6.45, 7) is 3.78. The number of nitrogens with zero attached hydrogens (tertiary/aromatic N) is 1. The van der Waals surface area contributed by atoms with Gasteiger partial charge in [-0.2, -0.15) is 5.10 Å². The van der Waals surface area contributed by atoms with Crippen molar-refractivity contribution in [2.75, 3.05) is 6.61 Å². The van der Waals surface area contributed by atoms with Gasteiger partial charge in [-0.3, -0.25) is 4.79 Å². The normalized spacial score (nSPS) is 10.6. The van der Waals surface area contributed by atoms with Crippen LogP contribution in [-0.4, -0.2) is 24.7 Å². The van der Waals surface area contributed by atoms with Gasteiger partial charge in [-0.25, -0.2) is 10.2 Å². The summed E-state index contributed by atoms with van der Waals surface area (Å²) in [4.78, 5) is 24.1. The van der Waals surface area contributed by atoms with E-state index < -0.39 is 5.97 Å². The molecule has 0 saturated carbocycles. The molecule has 152 valence electrons. The number of hydrazone groups is 1. The molecule has 6 heteroatoms. The third-order valence-corrected chi connectivity index (χ3v) is 4.39. The Balaban J connectivity index is 1.52. The van der Waals surface area contributed by atoms with Gasteiger partial charge < -0.3 is 9.47 Å². The van der Waals surface area contributed by atoms with E-state index in [2.05, 4.69) is 10.5 Å². The van der Waals surface area contributed by atoms with Crippen molar-refractivity contribution in [3.05, 3.63) is 95.1 Å². The van der Waals surface area contributed by atoms with Crippen LogP contribution in [0.5, 0.6) is 11.5 Å². The number of amides is 1. The van der Waals surface area contributed by atoms with Crippen molar-refractivity contribution in [3.63, 3.8) is 0 Å². The Morgan fingerprint density at radius 1 is 0.967 bits per heavy atom. The second-order valence-corrected chi connectivity index (χ2v) is 6.61. The van der Waals surface area contributed by atoms with Gasteiger partial charge in [0.25, 0.3) is 5.91 Å². The van der Waals surface area contributed by atoms with E-state index >= 15 is 0 Å². The third-order valence-electron chi connectivity index (χ3n) is 4.39. The van der Waals surface area contributed by atoms with Crippen LogP contribution in [0.4, 0.5) is 0 Å².